The van der Waals surface area contributed by atoms with Crippen LogP contribution in [0.4, 0.5) is 0 Å². The Hall–Kier alpha value is -2.32. The molecule has 0 N–H and O–H groups in total. The number of hydrogen-bond acceptors (Lipinski definition) is 2. The first kappa shape index (κ1) is 16.8. The zero-order valence-electron chi connectivity index (χ0n) is 16.0. The molecule has 27 heavy (non-hydrogen) atoms. The lowest BCUT2D eigenvalue weighted by Crippen LogP contribution is -2.46. The Labute approximate surface area is 161 Å². The van der Waals surface area contributed by atoms with Gasteiger partial charge >= 0.3 is 0 Å². The fraction of sp³-hybridized carbons (Fsp3) is 0.360. The first-order valence-corrected chi connectivity index (χ1v) is 10.2. The second-order valence-corrected chi connectivity index (χ2v) is 8.17. The molecule has 2 aliphatic heterocycles. The van der Waals surface area contributed by atoms with Crippen LogP contribution >= 0.6 is 0 Å². The number of methoxy groups -OCH3 is 1. The van der Waals surface area contributed by atoms with Gasteiger partial charge in [0.05, 0.1) is 7.11 Å². The van der Waals surface area contributed by atoms with E-state index in [-0.39, 0.29) is 0 Å². The lowest BCUT2D eigenvalue weighted by molar-refractivity contribution is 0.0934. The smallest absolute Gasteiger partial charge is 0.123 e. The number of benzene rings is 3. The summed E-state index contributed by atoms with van der Waals surface area (Å²) in [5.74, 6) is 1.79. The fourth-order valence-corrected chi connectivity index (χ4v) is 5.17. The highest BCUT2D eigenvalue weighted by Crippen LogP contribution is 2.36. The highest BCUT2D eigenvalue weighted by atomic mass is 16.5. The molecule has 0 saturated carbocycles. The van der Waals surface area contributed by atoms with E-state index in [4.69, 9.17) is 4.74 Å². The predicted octanol–water partition coefficient (Wildman–Crippen LogP) is 5.23. The van der Waals surface area contributed by atoms with Gasteiger partial charge in [0.2, 0.25) is 0 Å². The second kappa shape index (κ2) is 7.01. The molecule has 2 heteroatoms. The average molecular weight is 357 g/mol. The lowest BCUT2D eigenvalue weighted by atomic mass is 9.80. The van der Waals surface area contributed by atoms with Gasteiger partial charge in [0.1, 0.15) is 5.75 Å². The largest absolute Gasteiger partial charge is 0.496 e. The minimum atomic E-state index is 0.631. The van der Waals surface area contributed by atoms with Crippen LogP contribution < -0.4 is 4.74 Å². The summed E-state index contributed by atoms with van der Waals surface area (Å²) < 4.78 is 5.76. The van der Waals surface area contributed by atoms with Crippen molar-refractivity contribution >= 4 is 10.8 Å². The molecule has 2 bridgehead atoms. The molecule has 3 aromatic carbocycles. The van der Waals surface area contributed by atoms with E-state index in [9.17, 15) is 0 Å². The third-order valence-corrected chi connectivity index (χ3v) is 6.58. The minimum Gasteiger partial charge on any atom is -0.496 e. The third kappa shape index (κ3) is 3.12. The Morgan fingerprint density at radius 2 is 1.67 bits per heavy atom. The zero-order valence-corrected chi connectivity index (χ0v) is 16.0. The molecular weight excluding hydrogens is 330 g/mol. The summed E-state index contributed by atoms with van der Waals surface area (Å²) in [7, 11) is 1.80. The van der Waals surface area contributed by atoms with E-state index in [0.717, 1.165) is 18.2 Å². The molecule has 0 radical (unpaired) electrons. The Bertz CT molecular complexity index is 963. The quantitative estimate of drug-likeness (QED) is 0.636. The number of rotatable bonds is 3. The molecule has 0 spiro atoms. The Kier molecular flexibility index (Phi) is 4.37. The molecule has 3 aromatic rings. The van der Waals surface area contributed by atoms with Gasteiger partial charge in [-0.05, 0) is 59.6 Å². The monoisotopic (exact) mass is 357 g/mol. The van der Waals surface area contributed by atoms with Crippen molar-refractivity contribution in [2.75, 3.05) is 13.7 Å². The molecule has 138 valence electrons. The Morgan fingerprint density at radius 1 is 0.889 bits per heavy atom. The molecular formula is C25H27NO. The standard InChI is InChI=1S/C25H27NO/c1-27-25-13-11-19-6-4-5-9-23(19)24(25)17-26-16-18-10-12-22(26)15-21-8-3-2-7-20(21)14-18/h2-9,11,13,18,22H,10,12,14-17H2,1H3/t18-,22-/m1/s1. The summed E-state index contributed by atoms with van der Waals surface area (Å²) in [5.41, 5.74) is 4.48. The van der Waals surface area contributed by atoms with Crippen molar-refractivity contribution in [1.82, 2.24) is 4.90 Å². The van der Waals surface area contributed by atoms with Crippen molar-refractivity contribution < 1.29 is 4.74 Å². The van der Waals surface area contributed by atoms with Crippen molar-refractivity contribution in [3.8, 4) is 5.75 Å². The van der Waals surface area contributed by atoms with E-state index in [1.54, 1.807) is 18.2 Å². The van der Waals surface area contributed by atoms with Crippen molar-refractivity contribution in [3.05, 3.63) is 77.4 Å². The average Bonchev–Trinajstić information content (AvgIpc) is 2.69. The molecule has 6 rings (SSSR count). The van der Waals surface area contributed by atoms with Gasteiger partial charge < -0.3 is 4.74 Å². The maximum absolute atomic E-state index is 5.76. The normalized spacial score (nSPS) is 22.3. The molecule has 1 saturated heterocycles. The van der Waals surface area contributed by atoms with E-state index in [1.165, 1.54) is 48.6 Å². The highest BCUT2D eigenvalue weighted by Gasteiger charge is 2.32. The van der Waals surface area contributed by atoms with Gasteiger partial charge in [0.15, 0.2) is 0 Å². The second-order valence-electron chi connectivity index (χ2n) is 8.17. The molecule has 1 fully saturated rings. The van der Waals surface area contributed by atoms with Crippen molar-refractivity contribution in [2.24, 2.45) is 5.92 Å². The fourth-order valence-electron chi connectivity index (χ4n) is 5.17. The Morgan fingerprint density at radius 3 is 2.52 bits per heavy atom. The number of fused-ring (bicyclic) bond motifs is 3. The first-order chi connectivity index (χ1) is 13.3. The van der Waals surface area contributed by atoms with Crippen LogP contribution in [0.3, 0.4) is 0 Å². The summed E-state index contributed by atoms with van der Waals surface area (Å²) in [6.45, 7) is 2.18. The van der Waals surface area contributed by atoms with Gasteiger partial charge in [-0.15, -0.1) is 0 Å². The van der Waals surface area contributed by atoms with Gasteiger partial charge in [0, 0.05) is 24.7 Å². The van der Waals surface area contributed by atoms with Crippen molar-refractivity contribution in [2.45, 2.75) is 38.3 Å². The molecule has 1 aliphatic carbocycles. The summed E-state index contributed by atoms with van der Waals surface area (Å²) >= 11 is 0. The maximum Gasteiger partial charge on any atom is 0.123 e. The topological polar surface area (TPSA) is 12.5 Å². The van der Waals surface area contributed by atoms with Crippen LogP contribution in [0.15, 0.2) is 60.7 Å². The molecule has 2 nitrogen and oxygen atoms in total. The summed E-state index contributed by atoms with van der Waals surface area (Å²) in [5, 5.41) is 2.63. The van der Waals surface area contributed by atoms with Crippen LogP contribution in [0.5, 0.6) is 5.75 Å². The number of piperidine rings is 1. The minimum absolute atomic E-state index is 0.631. The van der Waals surface area contributed by atoms with Gasteiger partial charge in [-0.1, -0.05) is 54.6 Å². The molecule has 2 heterocycles. The van der Waals surface area contributed by atoms with Crippen LogP contribution in [0.25, 0.3) is 10.8 Å². The molecule has 0 amide bonds. The van der Waals surface area contributed by atoms with E-state index in [1.807, 2.05) is 0 Å². The van der Waals surface area contributed by atoms with Gasteiger partial charge in [-0.2, -0.15) is 0 Å². The van der Waals surface area contributed by atoms with Crippen LogP contribution in [0.2, 0.25) is 0 Å². The summed E-state index contributed by atoms with van der Waals surface area (Å²) in [4.78, 5) is 2.73. The Balaban J connectivity index is 1.51. The summed E-state index contributed by atoms with van der Waals surface area (Å²) in [6.07, 6.45) is 5.08. The van der Waals surface area contributed by atoms with E-state index in [2.05, 4.69) is 65.6 Å². The van der Waals surface area contributed by atoms with E-state index in [0.29, 0.717) is 6.04 Å². The number of nitrogens with zero attached hydrogens (tertiary/aromatic N) is 1. The van der Waals surface area contributed by atoms with E-state index >= 15 is 0 Å². The lowest BCUT2D eigenvalue weighted by Gasteiger charge is -2.42. The predicted molar refractivity (Wildman–Crippen MR) is 111 cm³/mol. The molecule has 2 atom stereocenters. The molecule has 0 aromatic heterocycles. The zero-order chi connectivity index (χ0) is 18.2. The maximum atomic E-state index is 5.76. The number of ether oxygens (including phenoxy) is 1. The molecule has 3 aliphatic rings. The van der Waals surface area contributed by atoms with E-state index < -0.39 is 0 Å². The van der Waals surface area contributed by atoms with Crippen molar-refractivity contribution in [1.29, 1.82) is 0 Å². The SMILES string of the molecule is COc1ccc2ccccc2c1CN1C[C@@H]2CC[C@@H]1Cc1ccccc1C2. The summed E-state index contributed by atoms with van der Waals surface area (Å²) in [6, 6.07) is 22.7. The van der Waals surface area contributed by atoms with Crippen LogP contribution in [0, 0.1) is 5.92 Å². The number of hydrogen-bond donors (Lipinski definition) is 0. The van der Waals surface area contributed by atoms with Gasteiger partial charge in [0.25, 0.3) is 0 Å². The highest BCUT2D eigenvalue weighted by molar-refractivity contribution is 5.87. The van der Waals surface area contributed by atoms with Gasteiger partial charge in [-0.25, -0.2) is 0 Å². The molecule has 0 unspecified atom stereocenters. The first-order valence-electron chi connectivity index (χ1n) is 10.2. The van der Waals surface area contributed by atoms with Crippen LogP contribution in [-0.4, -0.2) is 24.6 Å². The van der Waals surface area contributed by atoms with Crippen LogP contribution in [-0.2, 0) is 19.4 Å². The third-order valence-electron chi connectivity index (χ3n) is 6.58. The van der Waals surface area contributed by atoms with Gasteiger partial charge in [-0.3, -0.25) is 4.90 Å². The van der Waals surface area contributed by atoms with Crippen LogP contribution in [0.1, 0.15) is 29.5 Å². The van der Waals surface area contributed by atoms with Crippen molar-refractivity contribution in [3.63, 3.8) is 0 Å².